The molecule has 0 bridgehead atoms. The van der Waals surface area contributed by atoms with Crippen LogP contribution in [0.5, 0.6) is 17.2 Å². The molecule has 0 spiro atoms. The number of carbonyl (C=O) groups excluding carboxylic acids is 2. The molecule has 0 radical (unpaired) electrons. The van der Waals surface area contributed by atoms with Crippen molar-refractivity contribution in [3.05, 3.63) is 108 Å². The van der Waals surface area contributed by atoms with Crippen molar-refractivity contribution in [3.8, 4) is 17.2 Å². The van der Waals surface area contributed by atoms with E-state index in [-0.39, 0.29) is 24.9 Å². The number of methoxy groups -OCH3 is 3. The number of amides is 2. The summed E-state index contributed by atoms with van der Waals surface area (Å²) in [6.45, 7) is 0.0430. The molecule has 10 nitrogen and oxygen atoms in total. The average molecular weight is 566 g/mol. The molecule has 0 aliphatic heterocycles. The highest BCUT2D eigenvalue weighted by Crippen LogP contribution is 2.29. The summed E-state index contributed by atoms with van der Waals surface area (Å²) < 4.78 is 17.4. The summed E-state index contributed by atoms with van der Waals surface area (Å²) in [5.74, 6) is 1.30. The van der Waals surface area contributed by atoms with Gasteiger partial charge in [-0.15, -0.1) is 5.10 Å². The highest BCUT2D eigenvalue weighted by atomic mass is 16.5. The maximum Gasteiger partial charge on any atom is 0.251 e. The molecule has 5 rings (SSSR count). The average Bonchev–Trinajstić information content (AvgIpc) is 3.44. The van der Waals surface area contributed by atoms with Gasteiger partial charge in [0.25, 0.3) is 5.91 Å². The Morgan fingerprint density at radius 2 is 1.36 bits per heavy atom. The molecule has 2 amide bonds. The molecule has 214 valence electrons. The van der Waals surface area contributed by atoms with Crippen molar-refractivity contribution in [1.29, 1.82) is 0 Å². The van der Waals surface area contributed by atoms with E-state index in [1.54, 1.807) is 79.4 Å². The van der Waals surface area contributed by atoms with E-state index < -0.39 is 6.04 Å². The highest BCUT2D eigenvalue weighted by molar-refractivity contribution is 5.98. The van der Waals surface area contributed by atoms with Crippen LogP contribution in [0.15, 0.2) is 97.1 Å². The molecule has 1 heterocycles. The van der Waals surface area contributed by atoms with Crippen LogP contribution < -0.4 is 19.5 Å². The Balaban J connectivity index is 1.54. The summed E-state index contributed by atoms with van der Waals surface area (Å²) in [4.78, 5) is 29.8. The minimum absolute atomic E-state index is 0.112. The van der Waals surface area contributed by atoms with Gasteiger partial charge in [0, 0.05) is 12.2 Å². The molecular formula is C32H31N5O5. The van der Waals surface area contributed by atoms with Crippen LogP contribution in [-0.4, -0.2) is 53.0 Å². The zero-order valence-electron chi connectivity index (χ0n) is 23.6. The first kappa shape index (κ1) is 28.2. The lowest BCUT2D eigenvalue weighted by Gasteiger charge is -2.32. The number of carbonyl (C=O) groups is 2. The molecule has 4 aromatic carbocycles. The quantitative estimate of drug-likeness (QED) is 0.244. The van der Waals surface area contributed by atoms with Crippen LogP contribution >= 0.6 is 0 Å². The summed E-state index contributed by atoms with van der Waals surface area (Å²) in [5.41, 5.74) is 3.41. The van der Waals surface area contributed by atoms with Gasteiger partial charge in [0.05, 0.1) is 26.8 Å². The zero-order valence-corrected chi connectivity index (χ0v) is 23.6. The molecule has 1 atom stereocenters. The van der Waals surface area contributed by atoms with Crippen molar-refractivity contribution in [2.45, 2.75) is 19.1 Å². The summed E-state index contributed by atoms with van der Waals surface area (Å²) in [6, 6.07) is 27.9. The monoisotopic (exact) mass is 565 g/mol. The molecule has 0 aliphatic carbocycles. The molecular weight excluding hydrogens is 534 g/mol. The van der Waals surface area contributed by atoms with Crippen LogP contribution in [0.3, 0.4) is 0 Å². The third kappa shape index (κ3) is 6.33. The van der Waals surface area contributed by atoms with Gasteiger partial charge in [0.15, 0.2) is 0 Å². The van der Waals surface area contributed by atoms with Crippen molar-refractivity contribution in [2.24, 2.45) is 0 Å². The molecule has 1 N–H and O–H groups in total. The predicted octanol–water partition coefficient (Wildman–Crippen LogP) is 4.87. The molecule has 0 saturated heterocycles. The summed E-state index contributed by atoms with van der Waals surface area (Å²) in [7, 11) is 4.75. The number of anilines is 1. The number of aromatic nitrogens is 3. The van der Waals surface area contributed by atoms with Crippen molar-refractivity contribution < 1.29 is 23.8 Å². The van der Waals surface area contributed by atoms with E-state index in [1.165, 1.54) is 0 Å². The van der Waals surface area contributed by atoms with Crippen molar-refractivity contribution in [2.75, 3.05) is 26.6 Å². The van der Waals surface area contributed by atoms with Crippen LogP contribution in [0.1, 0.15) is 17.2 Å². The normalized spacial score (nSPS) is 11.5. The van der Waals surface area contributed by atoms with Gasteiger partial charge in [-0.1, -0.05) is 41.6 Å². The fourth-order valence-electron chi connectivity index (χ4n) is 4.65. The number of nitrogens with one attached hydrogen (secondary N) is 1. The Labute approximate surface area is 243 Å². The second-order valence-corrected chi connectivity index (χ2v) is 9.50. The van der Waals surface area contributed by atoms with Gasteiger partial charge in [-0.05, 0) is 71.8 Å². The summed E-state index contributed by atoms with van der Waals surface area (Å²) in [6.07, 6.45) is 0. The third-order valence-electron chi connectivity index (χ3n) is 6.89. The largest absolute Gasteiger partial charge is 0.497 e. The predicted molar refractivity (Wildman–Crippen MR) is 158 cm³/mol. The number of ether oxygens (including phenoxy) is 3. The van der Waals surface area contributed by atoms with Gasteiger partial charge >= 0.3 is 0 Å². The first-order valence-corrected chi connectivity index (χ1v) is 13.3. The van der Waals surface area contributed by atoms with Crippen LogP contribution in [-0.2, 0) is 22.7 Å². The Kier molecular flexibility index (Phi) is 8.62. The number of rotatable bonds is 11. The molecule has 0 fully saturated rings. The van der Waals surface area contributed by atoms with Crippen molar-refractivity contribution >= 4 is 28.5 Å². The lowest BCUT2D eigenvalue weighted by atomic mass is 10.0. The first-order chi connectivity index (χ1) is 20.5. The van der Waals surface area contributed by atoms with E-state index in [2.05, 4.69) is 15.6 Å². The summed E-state index contributed by atoms with van der Waals surface area (Å²) in [5, 5.41) is 11.4. The number of fused-ring (bicyclic) bond motifs is 1. The number of hydrogen-bond donors (Lipinski definition) is 1. The molecule has 1 aromatic heterocycles. The van der Waals surface area contributed by atoms with Crippen molar-refractivity contribution in [3.63, 3.8) is 0 Å². The number of hydrogen-bond acceptors (Lipinski definition) is 7. The Bertz CT molecular complexity index is 1650. The Morgan fingerprint density at radius 1 is 0.786 bits per heavy atom. The van der Waals surface area contributed by atoms with Crippen LogP contribution in [0, 0.1) is 0 Å². The number of nitrogens with zero attached hydrogens (tertiary/aromatic N) is 4. The minimum atomic E-state index is -0.984. The van der Waals surface area contributed by atoms with E-state index in [0.29, 0.717) is 34.0 Å². The van der Waals surface area contributed by atoms with Gasteiger partial charge in [-0.2, -0.15) is 0 Å². The number of benzene rings is 4. The second-order valence-electron chi connectivity index (χ2n) is 9.50. The molecule has 5 aromatic rings. The fraction of sp³-hybridized carbons (Fsp3) is 0.188. The van der Waals surface area contributed by atoms with Gasteiger partial charge in [0.1, 0.15) is 35.4 Å². The van der Waals surface area contributed by atoms with Gasteiger partial charge in [-0.3, -0.25) is 9.59 Å². The molecule has 0 aliphatic rings. The molecule has 10 heteroatoms. The highest BCUT2D eigenvalue weighted by Gasteiger charge is 2.32. The van der Waals surface area contributed by atoms with E-state index in [9.17, 15) is 9.59 Å². The third-order valence-corrected chi connectivity index (χ3v) is 6.89. The first-order valence-electron chi connectivity index (χ1n) is 13.3. The fourth-order valence-corrected chi connectivity index (χ4v) is 4.65. The molecule has 0 saturated carbocycles. The number of para-hydroxylation sites is 1. The van der Waals surface area contributed by atoms with Crippen LogP contribution in [0.25, 0.3) is 11.0 Å². The smallest absolute Gasteiger partial charge is 0.251 e. The van der Waals surface area contributed by atoms with Gasteiger partial charge in [0.2, 0.25) is 5.91 Å². The van der Waals surface area contributed by atoms with Crippen molar-refractivity contribution in [1.82, 2.24) is 19.9 Å². The Hall–Kier alpha value is -5.38. The van der Waals surface area contributed by atoms with Crippen LogP contribution in [0.2, 0.25) is 0 Å². The maximum atomic E-state index is 14.2. The topological polar surface area (TPSA) is 108 Å². The van der Waals surface area contributed by atoms with Gasteiger partial charge in [-0.25, -0.2) is 4.68 Å². The lowest BCUT2D eigenvalue weighted by Crippen LogP contribution is -2.42. The SMILES string of the molecule is COc1ccc(CN(C(=O)Cn2nnc3ccccc32)[C@@H](C(=O)Nc2ccc(OC)cc2)c2ccc(OC)cc2)cc1. The van der Waals surface area contributed by atoms with Crippen LogP contribution in [0.4, 0.5) is 5.69 Å². The van der Waals surface area contributed by atoms with Gasteiger partial charge < -0.3 is 24.4 Å². The van der Waals surface area contributed by atoms with E-state index in [0.717, 1.165) is 11.1 Å². The zero-order chi connectivity index (χ0) is 29.5. The van der Waals surface area contributed by atoms with E-state index in [4.69, 9.17) is 14.2 Å². The Morgan fingerprint density at radius 3 is 1.98 bits per heavy atom. The minimum Gasteiger partial charge on any atom is -0.497 e. The molecule has 0 unspecified atom stereocenters. The van der Waals surface area contributed by atoms with E-state index in [1.807, 2.05) is 48.5 Å². The maximum absolute atomic E-state index is 14.2. The lowest BCUT2D eigenvalue weighted by molar-refractivity contribution is -0.140. The standard InChI is InChI=1S/C32H31N5O5/c1-40-25-14-8-22(9-15-25)20-36(30(38)21-37-29-7-5-4-6-28(29)34-35-37)31(23-10-16-26(41-2)17-11-23)32(39)33-24-12-18-27(42-3)19-13-24/h4-19,31H,20-21H2,1-3H3,(H,33,39)/t31-/m1/s1. The molecule has 42 heavy (non-hydrogen) atoms. The summed E-state index contributed by atoms with van der Waals surface area (Å²) >= 11 is 0. The van der Waals surface area contributed by atoms with E-state index >= 15 is 0 Å². The second kappa shape index (κ2) is 12.9.